The first-order chi connectivity index (χ1) is 5.11. The lowest BCUT2D eigenvalue weighted by Gasteiger charge is -2.07. The lowest BCUT2D eigenvalue weighted by molar-refractivity contribution is -0.140. The molecule has 1 N–H and O–H groups in total. The summed E-state index contributed by atoms with van der Waals surface area (Å²) < 4.78 is 8.39. The van der Waals surface area contributed by atoms with Crippen LogP contribution < -0.4 is 5.32 Å². The van der Waals surface area contributed by atoms with E-state index in [1.165, 1.54) is 0 Å². The predicted octanol–water partition coefficient (Wildman–Crippen LogP) is 0.0803. The molecule has 0 bridgehead atoms. The molecule has 0 heterocycles. The highest BCUT2D eigenvalue weighted by molar-refractivity contribution is 6.30. The number of nitrogens with one attached hydrogen (secondary N) is 1. The van der Waals surface area contributed by atoms with Gasteiger partial charge in [0.1, 0.15) is 0 Å². The van der Waals surface area contributed by atoms with Crippen LogP contribution in [0.2, 0.25) is 0 Å². The number of rotatable bonds is 2. The van der Waals surface area contributed by atoms with E-state index in [-0.39, 0.29) is 0 Å². The summed E-state index contributed by atoms with van der Waals surface area (Å²) in [6.07, 6.45) is -0.782. The molecule has 0 aromatic rings. The van der Waals surface area contributed by atoms with E-state index in [9.17, 15) is 9.59 Å². The van der Waals surface area contributed by atoms with Crippen LogP contribution in [0.5, 0.6) is 0 Å². The lowest BCUT2D eigenvalue weighted by Crippen LogP contribution is -2.37. The quantitative estimate of drug-likeness (QED) is 0.372. The molecule has 1 amide bonds. The normalized spacial score (nSPS) is 11.5. The highest BCUT2D eigenvalue weighted by Crippen LogP contribution is 1.93. The summed E-state index contributed by atoms with van der Waals surface area (Å²) in [5.74, 6) is -0.739. The largest absolute Gasteiger partial charge is 0.467 e. The molecule has 0 spiro atoms. The van der Waals surface area contributed by atoms with Crippen LogP contribution in [0.1, 0.15) is 0 Å². The van der Waals surface area contributed by atoms with Crippen LogP contribution in [-0.2, 0) is 14.3 Å². The average Bonchev–Trinajstić information content (AvgIpc) is 2.02. The van der Waals surface area contributed by atoms with Crippen molar-refractivity contribution in [2.75, 3.05) is 14.2 Å². The molecule has 0 rings (SSSR count). The molecule has 0 saturated heterocycles. The number of amides is 1. The van der Waals surface area contributed by atoms with E-state index in [0.29, 0.717) is 0 Å². The van der Waals surface area contributed by atoms with Gasteiger partial charge in [0.15, 0.2) is 0 Å². The third kappa shape index (κ3) is 3.67. The average molecular weight is 182 g/mol. The second-order valence-corrected chi connectivity index (χ2v) is 1.96. The molecule has 0 aliphatic heterocycles. The second-order valence-electron chi connectivity index (χ2n) is 1.52. The number of hydrogen-bond donors (Lipinski definition) is 1. The van der Waals surface area contributed by atoms with Crippen LogP contribution in [0.4, 0.5) is 4.79 Å². The van der Waals surface area contributed by atoms with E-state index < -0.39 is 17.6 Å². The van der Waals surface area contributed by atoms with Gasteiger partial charge in [-0.25, -0.2) is 9.59 Å². The number of alkyl carbamates (subject to hydrolysis) is 1. The Balaban J connectivity index is 3.77. The van der Waals surface area contributed by atoms with Gasteiger partial charge in [0.2, 0.25) is 5.50 Å². The highest BCUT2D eigenvalue weighted by Gasteiger charge is 2.17. The molecule has 0 radical (unpaired) electrons. The van der Waals surface area contributed by atoms with E-state index in [1.54, 1.807) is 0 Å². The van der Waals surface area contributed by atoms with Crippen molar-refractivity contribution >= 4 is 23.7 Å². The fourth-order valence-corrected chi connectivity index (χ4v) is 0.503. The van der Waals surface area contributed by atoms with Crippen LogP contribution >= 0.6 is 11.6 Å². The number of halogens is 1. The van der Waals surface area contributed by atoms with Gasteiger partial charge in [0.25, 0.3) is 0 Å². The Labute approximate surface area is 68.6 Å². The number of alkyl halides is 1. The zero-order valence-electron chi connectivity index (χ0n) is 6.09. The maximum atomic E-state index is 10.5. The van der Waals surface area contributed by atoms with Gasteiger partial charge in [0.05, 0.1) is 14.2 Å². The van der Waals surface area contributed by atoms with Crippen molar-refractivity contribution < 1.29 is 19.1 Å². The lowest BCUT2D eigenvalue weighted by atomic mass is 10.6. The molecule has 5 nitrogen and oxygen atoms in total. The van der Waals surface area contributed by atoms with E-state index in [1.807, 2.05) is 5.32 Å². The molecule has 0 fully saturated rings. The summed E-state index contributed by atoms with van der Waals surface area (Å²) in [4.78, 5) is 21.0. The van der Waals surface area contributed by atoms with Crippen molar-refractivity contribution in [3.63, 3.8) is 0 Å². The molecule has 0 saturated carbocycles. The van der Waals surface area contributed by atoms with Crippen LogP contribution in [-0.4, -0.2) is 31.8 Å². The Morgan fingerprint density at radius 3 is 2.27 bits per heavy atom. The van der Waals surface area contributed by atoms with Crippen molar-refractivity contribution in [2.45, 2.75) is 5.50 Å². The zero-order chi connectivity index (χ0) is 8.85. The van der Waals surface area contributed by atoms with Gasteiger partial charge in [-0.15, -0.1) is 0 Å². The molecule has 11 heavy (non-hydrogen) atoms. The van der Waals surface area contributed by atoms with Gasteiger partial charge in [0, 0.05) is 0 Å². The predicted molar refractivity (Wildman–Crippen MR) is 37.2 cm³/mol. The molecule has 6 heteroatoms. The van der Waals surface area contributed by atoms with Crippen LogP contribution in [0, 0.1) is 0 Å². The summed E-state index contributed by atoms with van der Waals surface area (Å²) in [7, 11) is 2.33. The minimum atomic E-state index is -1.20. The van der Waals surface area contributed by atoms with Gasteiger partial charge in [-0.05, 0) is 0 Å². The van der Waals surface area contributed by atoms with Crippen molar-refractivity contribution in [1.82, 2.24) is 5.32 Å². The van der Waals surface area contributed by atoms with Crippen LogP contribution in [0.3, 0.4) is 0 Å². The SMILES string of the molecule is COC(=O)NC(Cl)C(=O)OC. The first kappa shape index (κ1) is 10.0. The Morgan fingerprint density at radius 2 is 1.91 bits per heavy atom. The molecule has 0 aromatic heterocycles. The van der Waals surface area contributed by atoms with Gasteiger partial charge in [-0.2, -0.15) is 0 Å². The molecule has 1 unspecified atom stereocenters. The van der Waals surface area contributed by atoms with Crippen LogP contribution in [0.25, 0.3) is 0 Å². The van der Waals surface area contributed by atoms with Gasteiger partial charge < -0.3 is 9.47 Å². The van der Waals surface area contributed by atoms with E-state index in [0.717, 1.165) is 14.2 Å². The zero-order valence-corrected chi connectivity index (χ0v) is 6.84. The summed E-state index contributed by atoms with van der Waals surface area (Å²) in [6, 6.07) is 0. The number of carbonyl (C=O) groups is 2. The maximum absolute atomic E-state index is 10.5. The number of hydrogen-bond acceptors (Lipinski definition) is 4. The minimum Gasteiger partial charge on any atom is -0.467 e. The first-order valence-electron chi connectivity index (χ1n) is 2.68. The summed E-state index contributed by atoms with van der Waals surface area (Å²) in [6.45, 7) is 0. The smallest absolute Gasteiger partial charge is 0.408 e. The molecule has 0 aliphatic carbocycles. The van der Waals surface area contributed by atoms with E-state index in [2.05, 4.69) is 9.47 Å². The van der Waals surface area contributed by atoms with Gasteiger partial charge in [-0.1, -0.05) is 11.6 Å². The number of ether oxygens (including phenoxy) is 2. The van der Waals surface area contributed by atoms with Crippen molar-refractivity contribution in [2.24, 2.45) is 0 Å². The molecule has 0 aromatic carbocycles. The van der Waals surface area contributed by atoms with E-state index in [4.69, 9.17) is 11.6 Å². The number of carbonyl (C=O) groups excluding carboxylic acids is 2. The van der Waals surface area contributed by atoms with E-state index >= 15 is 0 Å². The Bertz CT molecular complexity index is 161. The minimum absolute atomic E-state index is 0.739. The van der Waals surface area contributed by atoms with Crippen molar-refractivity contribution in [3.8, 4) is 0 Å². The fraction of sp³-hybridized carbons (Fsp3) is 0.600. The third-order valence-corrected chi connectivity index (χ3v) is 1.13. The molecule has 1 atom stereocenters. The standard InChI is InChI=1S/C5H8ClNO4/c1-10-4(8)3(6)7-5(9)11-2/h3H,1-2H3,(H,7,9). The Morgan fingerprint density at radius 1 is 1.36 bits per heavy atom. The maximum Gasteiger partial charge on any atom is 0.408 e. The number of methoxy groups -OCH3 is 2. The summed E-state index contributed by atoms with van der Waals surface area (Å²) >= 11 is 5.32. The molecule has 0 aliphatic rings. The van der Waals surface area contributed by atoms with Crippen molar-refractivity contribution in [3.05, 3.63) is 0 Å². The third-order valence-electron chi connectivity index (χ3n) is 0.838. The van der Waals surface area contributed by atoms with Crippen LogP contribution in [0.15, 0.2) is 0 Å². The van der Waals surface area contributed by atoms with Gasteiger partial charge >= 0.3 is 12.1 Å². The molecular formula is C5H8ClNO4. The Hall–Kier alpha value is -0.970. The molecule has 64 valence electrons. The first-order valence-corrected chi connectivity index (χ1v) is 3.11. The van der Waals surface area contributed by atoms with Gasteiger partial charge in [-0.3, -0.25) is 5.32 Å². The highest BCUT2D eigenvalue weighted by atomic mass is 35.5. The summed E-state index contributed by atoms with van der Waals surface area (Å²) in [5, 5.41) is 2.01. The van der Waals surface area contributed by atoms with Crippen molar-refractivity contribution in [1.29, 1.82) is 0 Å². The Kier molecular flexibility index (Phi) is 4.36. The fourth-order valence-electron chi connectivity index (χ4n) is 0.325. The second kappa shape index (κ2) is 4.79. The summed E-state index contributed by atoms with van der Waals surface area (Å²) in [5.41, 5.74) is -1.20. The monoisotopic (exact) mass is 181 g/mol. The number of esters is 1. The molecular weight excluding hydrogens is 174 g/mol. The topological polar surface area (TPSA) is 64.6 Å².